The summed E-state index contributed by atoms with van der Waals surface area (Å²) in [6.45, 7) is 4.58. The van der Waals surface area contributed by atoms with Gasteiger partial charge in [-0.1, -0.05) is 6.92 Å². The summed E-state index contributed by atoms with van der Waals surface area (Å²) in [7, 11) is 0. The first-order valence-corrected chi connectivity index (χ1v) is 7.86. The maximum absolute atomic E-state index is 12.6. The van der Waals surface area contributed by atoms with Crippen LogP contribution in [0, 0.1) is 5.92 Å². The second kappa shape index (κ2) is 5.35. The monoisotopic (exact) mass is 280 g/mol. The van der Waals surface area contributed by atoms with Crippen molar-refractivity contribution in [2.45, 2.75) is 70.2 Å². The molecular weight excluding hydrogens is 256 g/mol. The number of rotatable bonds is 4. The molecule has 2 saturated heterocycles. The van der Waals surface area contributed by atoms with E-state index in [1.165, 1.54) is 0 Å². The minimum atomic E-state index is -0.351. The van der Waals surface area contributed by atoms with Crippen LogP contribution in [-0.4, -0.2) is 47.6 Å². The van der Waals surface area contributed by atoms with Gasteiger partial charge in [0.25, 0.3) is 0 Å². The molecule has 4 atom stereocenters. The van der Waals surface area contributed by atoms with Crippen LogP contribution in [0.3, 0.4) is 0 Å². The van der Waals surface area contributed by atoms with E-state index < -0.39 is 0 Å². The molecule has 2 amide bonds. The molecule has 0 aromatic heterocycles. The number of nitrogens with zero attached hydrogens (tertiary/aromatic N) is 1. The van der Waals surface area contributed by atoms with Crippen molar-refractivity contribution in [3.63, 3.8) is 0 Å². The van der Waals surface area contributed by atoms with Gasteiger partial charge in [-0.15, -0.1) is 0 Å². The fourth-order valence-electron chi connectivity index (χ4n) is 3.40. The number of ether oxygens (including phenoxy) is 1. The third-order valence-corrected chi connectivity index (χ3v) is 4.70. The standard InChI is InChI=1S/C15H24N2O3/c1-3-12-15(19)17(8-11-7-4-9(2)20-11)13(10-5-6-10)14(18)16-12/h9-13H,3-8H2,1-2H3,(H,16,18). The lowest BCUT2D eigenvalue weighted by Gasteiger charge is -2.40. The van der Waals surface area contributed by atoms with Gasteiger partial charge in [-0.05, 0) is 44.9 Å². The fraction of sp³-hybridized carbons (Fsp3) is 0.867. The maximum Gasteiger partial charge on any atom is 0.245 e. The third kappa shape index (κ3) is 2.55. The molecule has 0 radical (unpaired) electrons. The number of amides is 2. The highest BCUT2D eigenvalue weighted by Crippen LogP contribution is 2.37. The van der Waals surface area contributed by atoms with Crippen molar-refractivity contribution in [2.75, 3.05) is 6.54 Å². The lowest BCUT2D eigenvalue weighted by molar-refractivity contribution is -0.152. The Morgan fingerprint density at radius 3 is 2.55 bits per heavy atom. The molecule has 0 aromatic rings. The highest BCUT2D eigenvalue weighted by Gasteiger charge is 2.48. The summed E-state index contributed by atoms with van der Waals surface area (Å²) in [6, 6.07) is -0.610. The van der Waals surface area contributed by atoms with E-state index in [-0.39, 0.29) is 36.1 Å². The van der Waals surface area contributed by atoms with E-state index >= 15 is 0 Å². The predicted molar refractivity (Wildman–Crippen MR) is 74.0 cm³/mol. The summed E-state index contributed by atoms with van der Waals surface area (Å²) in [6.07, 6.45) is 5.17. The molecule has 2 aliphatic heterocycles. The molecule has 2 heterocycles. The molecule has 3 aliphatic rings. The van der Waals surface area contributed by atoms with Gasteiger partial charge in [0.05, 0.1) is 12.2 Å². The summed E-state index contributed by atoms with van der Waals surface area (Å²) < 4.78 is 5.84. The van der Waals surface area contributed by atoms with Crippen molar-refractivity contribution in [2.24, 2.45) is 5.92 Å². The van der Waals surface area contributed by atoms with Gasteiger partial charge in [0.15, 0.2) is 0 Å². The van der Waals surface area contributed by atoms with Gasteiger partial charge < -0.3 is 15.0 Å². The van der Waals surface area contributed by atoms with Crippen LogP contribution in [0.25, 0.3) is 0 Å². The van der Waals surface area contributed by atoms with Gasteiger partial charge in [0.1, 0.15) is 12.1 Å². The fourth-order valence-corrected chi connectivity index (χ4v) is 3.40. The zero-order valence-electron chi connectivity index (χ0n) is 12.3. The minimum absolute atomic E-state index is 0.0324. The summed E-state index contributed by atoms with van der Waals surface area (Å²) in [5.74, 6) is 0.465. The van der Waals surface area contributed by atoms with Gasteiger partial charge in [0.2, 0.25) is 11.8 Å². The molecule has 0 bridgehead atoms. The Hall–Kier alpha value is -1.10. The normalized spacial score (nSPS) is 38.2. The van der Waals surface area contributed by atoms with Crippen molar-refractivity contribution >= 4 is 11.8 Å². The topological polar surface area (TPSA) is 58.6 Å². The van der Waals surface area contributed by atoms with Crippen molar-refractivity contribution in [1.82, 2.24) is 10.2 Å². The molecular formula is C15H24N2O3. The van der Waals surface area contributed by atoms with E-state index in [9.17, 15) is 9.59 Å². The molecule has 0 aromatic carbocycles. The summed E-state index contributed by atoms with van der Waals surface area (Å²) in [5.41, 5.74) is 0. The average Bonchev–Trinajstić information content (AvgIpc) is 3.16. The lowest BCUT2D eigenvalue weighted by atomic mass is 10.0. The zero-order chi connectivity index (χ0) is 14.3. The Kier molecular flexibility index (Phi) is 3.71. The van der Waals surface area contributed by atoms with E-state index in [1.54, 1.807) is 0 Å². The van der Waals surface area contributed by atoms with Crippen LogP contribution in [0.5, 0.6) is 0 Å². The van der Waals surface area contributed by atoms with E-state index in [0.29, 0.717) is 18.9 Å². The van der Waals surface area contributed by atoms with E-state index in [2.05, 4.69) is 12.2 Å². The Labute approximate surface area is 120 Å². The second-order valence-corrected chi connectivity index (χ2v) is 6.39. The molecule has 1 N–H and O–H groups in total. The van der Waals surface area contributed by atoms with Crippen LogP contribution in [0.15, 0.2) is 0 Å². The number of carbonyl (C=O) groups is 2. The molecule has 0 spiro atoms. The molecule has 3 fully saturated rings. The Morgan fingerprint density at radius 1 is 1.25 bits per heavy atom. The van der Waals surface area contributed by atoms with Crippen LogP contribution in [0.1, 0.15) is 46.0 Å². The summed E-state index contributed by atoms with van der Waals surface area (Å²) in [4.78, 5) is 26.7. The number of carbonyl (C=O) groups excluding carboxylic acids is 2. The van der Waals surface area contributed by atoms with Crippen LogP contribution >= 0.6 is 0 Å². The molecule has 20 heavy (non-hydrogen) atoms. The third-order valence-electron chi connectivity index (χ3n) is 4.70. The number of piperazine rings is 1. The molecule has 4 unspecified atom stereocenters. The largest absolute Gasteiger partial charge is 0.373 e. The molecule has 3 rings (SSSR count). The molecule has 5 heteroatoms. The Balaban J connectivity index is 1.74. The van der Waals surface area contributed by atoms with Crippen LogP contribution in [0.4, 0.5) is 0 Å². The number of hydrogen-bond acceptors (Lipinski definition) is 3. The van der Waals surface area contributed by atoms with E-state index in [4.69, 9.17) is 4.74 Å². The quantitative estimate of drug-likeness (QED) is 0.838. The number of nitrogens with one attached hydrogen (secondary N) is 1. The zero-order valence-corrected chi connectivity index (χ0v) is 12.3. The lowest BCUT2D eigenvalue weighted by Crippen LogP contribution is -2.64. The number of hydrogen-bond donors (Lipinski definition) is 1. The van der Waals surface area contributed by atoms with Gasteiger partial charge in [0, 0.05) is 6.54 Å². The van der Waals surface area contributed by atoms with Crippen LogP contribution < -0.4 is 5.32 Å². The molecule has 112 valence electrons. The summed E-state index contributed by atoms with van der Waals surface area (Å²) in [5, 5.41) is 2.88. The van der Waals surface area contributed by atoms with E-state index in [1.807, 2.05) is 11.8 Å². The average molecular weight is 280 g/mol. The Bertz CT molecular complexity index is 408. The van der Waals surface area contributed by atoms with Crippen molar-refractivity contribution in [3.05, 3.63) is 0 Å². The van der Waals surface area contributed by atoms with Gasteiger partial charge in [-0.2, -0.15) is 0 Å². The SMILES string of the molecule is CCC1NC(=O)C(C2CC2)N(CC2CCC(C)O2)C1=O. The highest BCUT2D eigenvalue weighted by atomic mass is 16.5. The van der Waals surface area contributed by atoms with Gasteiger partial charge in [-0.25, -0.2) is 0 Å². The van der Waals surface area contributed by atoms with Gasteiger partial charge >= 0.3 is 0 Å². The smallest absolute Gasteiger partial charge is 0.245 e. The maximum atomic E-state index is 12.6. The molecule has 5 nitrogen and oxygen atoms in total. The first-order valence-electron chi connectivity index (χ1n) is 7.86. The van der Waals surface area contributed by atoms with E-state index in [0.717, 1.165) is 25.7 Å². The second-order valence-electron chi connectivity index (χ2n) is 6.39. The van der Waals surface area contributed by atoms with Crippen molar-refractivity contribution in [3.8, 4) is 0 Å². The Morgan fingerprint density at radius 2 is 2.00 bits per heavy atom. The first kappa shape index (κ1) is 13.9. The minimum Gasteiger partial charge on any atom is -0.373 e. The van der Waals surface area contributed by atoms with Crippen LogP contribution in [-0.2, 0) is 14.3 Å². The molecule has 1 saturated carbocycles. The molecule has 1 aliphatic carbocycles. The predicted octanol–water partition coefficient (Wildman–Crippen LogP) is 1.07. The van der Waals surface area contributed by atoms with Crippen molar-refractivity contribution < 1.29 is 14.3 Å². The van der Waals surface area contributed by atoms with Crippen molar-refractivity contribution in [1.29, 1.82) is 0 Å². The van der Waals surface area contributed by atoms with Gasteiger partial charge in [-0.3, -0.25) is 9.59 Å². The van der Waals surface area contributed by atoms with Crippen LogP contribution in [0.2, 0.25) is 0 Å². The first-order chi connectivity index (χ1) is 9.60. The summed E-state index contributed by atoms with van der Waals surface area (Å²) >= 11 is 0. The highest BCUT2D eigenvalue weighted by molar-refractivity contribution is 5.97.